The van der Waals surface area contributed by atoms with E-state index >= 15 is 0 Å². The summed E-state index contributed by atoms with van der Waals surface area (Å²) in [5.41, 5.74) is 4.00. The molecule has 8 nitrogen and oxygen atoms in total. The number of aliphatic carboxylic acids is 1. The number of piperidine rings is 1. The van der Waals surface area contributed by atoms with E-state index < -0.39 is 11.4 Å². The minimum atomic E-state index is -1.02. The molecular formula is C31H42N6O2S. The third-order valence-electron chi connectivity index (χ3n) is 8.98. The molecular weight excluding hydrogens is 520 g/mol. The Bertz CT molecular complexity index is 1490. The smallest absolute Gasteiger partial charge is 0.310 e. The van der Waals surface area contributed by atoms with Crippen molar-refractivity contribution in [3.8, 4) is 0 Å². The van der Waals surface area contributed by atoms with Gasteiger partial charge in [-0.15, -0.1) is 16.4 Å². The minimum Gasteiger partial charge on any atom is -0.481 e. The third kappa shape index (κ3) is 5.33. The molecule has 3 aromatic heterocycles. The molecule has 4 aromatic rings. The van der Waals surface area contributed by atoms with Crippen molar-refractivity contribution in [3.63, 3.8) is 0 Å². The summed E-state index contributed by atoms with van der Waals surface area (Å²) >= 11 is 1.70. The first-order chi connectivity index (χ1) is 19.1. The van der Waals surface area contributed by atoms with E-state index in [0.717, 1.165) is 71.5 Å². The maximum atomic E-state index is 12.6. The van der Waals surface area contributed by atoms with E-state index in [9.17, 15) is 9.90 Å². The van der Waals surface area contributed by atoms with Crippen LogP contribution in [0.1, 0.15) is 85.1 Å². The predicted molar refractivity (Wildman–Crippen MR) is 160 cm³/mol. The number of benzene rings is 1. The molecule has 5 rings (SSSR count). The Labute approximate surface area is 241 Å². The van der Waals surface area contributed by atoms with Gasteiger partial charge in [0.2, 0.25) is 0 Å². The second kappa shape index (κ2) is 11.4. The van der Waals surface area contributed by atoms with Crippen molar-refractivity contribution in [2.24, 2.45) is 11.3 Å². The number of carboxylic acids is 1. The number of thiophene rings is 1. The molecule has 1 unspecified atom stereocenters. The lowest BCUT2D eigenvalue weighted by Crippen LogP contribution is -2.34. The van der Waals surface area contributed by atoms with Crippen molar-refractivity contribution in [1.29, 1.82) is 0 Å². The number of nitrogens with zero attached hydrogens (tertiary/aromatic N) is 6. The van der Waals surface area contributed by atoms with E-state index in [1.165, 1.54) is 29.7 Å². The van der Waals surface area contributed by atoms with Crippen molar-refractivity contribution in [1.82, 2.24) is 29.4 Å². The van der Waals surface area contributed by atoms with Crippen LogP contribution >= 0.6 is 11.3 Å². The van der Waals surface area contributed by atoms with Gasteiger partial charge in [0, 0.05) is 41.2 Å². The zero-order chi connectivity index (χ0) is 28.6. The number of hydrogen-bond donors (Lipinski definition) is 1. The maximum Gasteiger partial charge on any atom is 0.310 e. The highest BCUT2D eigenvalue weighted by atomic mass is 32.1. The monoisotopic (exact) mass is 562 g/mol. The van der Waals surface area contributed by atoms with E-state index in [2.05, 4.69) is 52.0 Å². The number of hydrogen-bond acceptors (Lipinski definition) is 6. The Hall–Kier alpha value is -3.04. The van der Waals surface area contributed by atoms with Crippen LogP contribution in [0.25, 0.3) is 11.0 Å². The SMILES string of the molecule is CCC1CCN(Cc2nccn2Cc2cc(C(c3ccc4c(nnn4CC)c3C)C(C)(C)C(=O)O)sc2C)CC1. The lowest BCUT2D eigenvalue weighted by atomic mass is 9.72. The summed E-state index contributed by atoms with van der Waals surface area (Å²) in [7, 11) is 0. The highest BCUT2D eigenvalue weighted by Crippen LogP contribution is 2.46. The summed E-state index contributed by atoms with van der Waals surface area (Å²) in [6.07, 6.45) is 7.78. The lowest BCUT2D eigenvalue weighted by Gasteiger charge is -2.31. The van der Waals surface area contributed by atoms with Crippen LogP contribution in [0.5, 0.6) is 0 Å². The number of likely N-dealkylation sites (tertiary alicyclic amines) is 1. The van der Waals surface area contributed by atoms with Gasteiger partial charge in [0.05, 0.1) is 17.5 Å². The van der Waals surface area contributed by atoms with Crippen molar-refractivity contribution in [3.05, 3.63) is 62.9 Å². The van der Waals surface area contributed by atoms with Crippen LogP contribution in [0, 0.1) is 25.2 Å². The number of carbonyl (C=O) groups is 1. The van der Waals surface area contributed by atoms with E-state index in [1.54, 1.807) is 11.3 Å². The second-order valence-electron chi connectivity index (χ2n) is 11.8. The number of imidazole rings is 1. The molecule has 4 heterocycles. The first-order valence-corrected chi connectivity index (χ1v) is 15.3. The standard InChI is InChI=1S/C31H42N6O2S/c1-7-22-11-14-35(15-12-22)19-27-32-13-16-36(27)18-23-17-26(40-21(23)4)28(31(5,6)30(38)39)24-9-10-25-29(20(24)3)33-34-37(25)8-2/h9-10,13,16-17,22,28H,7-8,11-12,14-15,18-19H2,1-6H3,(H,38,39). The van der Waals surface area contributed by atoms with Gasteiger partial charge >= 0.3 is 5.97 Å². The van der Waals surface area contributed by atoms with Crippen LogP contribution in [0.4, 0.5) is 0 Å². The average Bonchev–Trinajstić information content (AvgIpc) is 3.65. The summed E-state index contributed by atoms with van der Waals surface area (Å²) in [5.74, 6) is 0.810. The molecule has 214 valence electrons. The Morgan fingerprint density at radius 2 is 1.93 bits per heavy atom. The Kier molecular flexibility index (Phi) is 8.15. The number of aryl methyl sites for hydroxylation is 3. The normalized spacial score (nSPS) is 16.1. The van der Waals surface area contributed by atoms with Gasteiger partial charge in [-0.05, 0) is 95.3 Å². The average molecular weight is 563 g/mol. The van der Waals surface area contributed by atoms with Gasteiger partial charge in [-0.2, -0.15) is 0 Å². The molecule has 1 fully saturated rings. The Morgan fingerprint density at radius 3 is 2.60 bits per heavy atom. The van der Waals surface area contributed by atoms with Gasteiger partial charge in [-0.25, -0.2) is 9.67 Å². The molecule has 1 aliphatic rings. The first kappa shape index (κ1) is 28.5. The largest absolute Gasteiger partial charge is 0.481 e. The number of carboxylic acid groups (broad SMARTS) is 1. The van der Waals surface area contributed by atoms with Crippen LogP contribution < -0.4 is 0 Å². The Morgan fingerprint density at radius 1 is 1.18 bits per heavy atom. The van der Waals surface area contributed by atoms with Crippen LogP contribution in [-0.4, -0.2) is 53.6 Å². The van der Waals surface area contributed by atoms with E-state index in [4.69, 9.17) is 4.98 Å². The van der Waals surface area contributed by atoms with Crippen molar-refractivity contribution in [2.75, 3.05) is 13.1 Å². The molecule has 0 aliphatic carbocycles. The molecule has 0 radical (unpaired) electrons. The summed E-state index contributed by atoms with van der Waals surface area (Å²) < 4.78 is 4.13. The number of rotatable bonds is 10. The third-order valence-corrected chi connectivity index (χ3v) is 10.1. The fraction of sp³-hybridized carbons (Fsp3) is 0.548. The van der Waals surface area contributed by atoms with E-state index in [1.807, 2.05) is 44.6 Å². The zero-order valence-corrected chi connectivity index (χ0v) is 25.5. The highest BCUT2D eigenvalue weighted by Gasteiger charge is 2.41. The quantitative estimate of drug-likeness (QED) is 0.246. The van der Waals surface area contributed by atoms with Crippen molar-refractivity contribution in [2.45, 2.75) is 86.4 Å². The summed E-state index contributed by atoms with van der Waals surface area (Å²) in [6, 6.07) is 6.33. The van der Waals surface area contributed by atoms with E-state index in [-0.39, 0.29) is 5.92 Å². The summed E-state index contributed by atoms with van der Waals surface area (Å²) in [6.45, 7) is 16.8. The number of fused-ring (bicyclic) bond motifs is 1. The summed E-state index contributed by atoms with van der Waals surface area (Å²) in [4.78, 5) is 22.1. The van der Waals surface area contributed by atoms with Crippen LogP contribution in [0.2, 0.25) is 0 Å². The van der Waals surface area contributed by atoms with Crippen molar-refractivity contribution < 1.29 is 9.90 Å². The molecule has 1 aromatic carbocycles. The molecule has 0 saturated carbocycles. The number of aromatic nitrogens is 5. The van der Waals surface area contributed by atoms with Crippen LogP contribution in [0.15, 0.2) is 30.6 Å². The summed E-state index contributed by atoms with van der Waals surface area (Å²) in [5, 5.41) is 19.1. The topological polar surface area (TPSA) is 89.1 Å². The first-order valence-electron chi connectivity index (χ1n) is 14.5. The molecule has 0 spiro atoms. The van der Waals surface area contributed by atoms with Crippen LogP contribution in [0.3, 0.4) is 0 Å². The second-order valence-corrected chi connectivity index (χ2v) is 13.1. The fourth-order valence-corrected chi connectivity index (χ4v) is 7.52. The molecule has 1 atom stereocenters. The molecule has 0 amide bonds. The van der Waals surface area contributed by atoms with Crippen molar-refractivity contribution >= 4 is 28.3 Å². The lowest BCUT2D eigenvalue weighted by molar-refractivity contribution is -0.147. The van der Waals surface area contributed by atoms with E-state index in [0.29, 0.717) is 0 Å². The van der Waals surface area contributed by atoms with Crippen LogP contribution in [-0.2, 0) is 24.4 Å². The molecule has 9 heteroatoms. The Balaban J connectivity index is 1.46. The molecule has 1 aliphatic heterocycles. The fourth-order valence-electron chi connectivity index (χ4n) is 6.17. The molecule has 0 bridgehead atoms. The van der Waals surface area contributed by atoms with Gasteiger partial charge in [-0.1, -0.05) is 24.6 Å². The van der Waals surface area contributed by atoms with Gasteiger partial charge in [0.25, 0.3) is 0 Å². The van der Waals surface area contributed by atoms with Gasteiger partial charge in [0.1, 0.15) is 11.3 Å². The predicted octanol–water partition coefficient (Wildman–Crippen LogP) is 6.24. The highest BCUT2D eigenvalue weighted by molar-refractivity contribution is 7.12. The molecule has 40 heavy (non-hydrogen) atoms. The minimum absolute atomic E-state index is 0.319. The maximum absolute atomic E-state index is 12.6. The van der Waals surface area contributed by atoms with Gasteiger partial charge < -0.3 is 9.67 Å². The van der Waals surface area contributed by atoms with Gasteiger partial charge in [0.15, 0.2) is 0 Å². The molecule has 1 N–H and O–H groups in total. The zero-order valence-electron chi connectivity index (χ0n) is 24.6. The molecule has 1 saturated heterocycles. The van der Waals surface area contributed by atoms with Gasteiger partial charge in [-0.3, -0.25) is 9.69 Å².